The smallest absolute Gasteiger partial charge is 0.279 e. The monoisotopic (exact) mass is 288 g/mol. The summed E-state index contributed by atoms with van der Waals surface area (Å²) in [5.41, 5.74) is 1.65. The number of H-pyrrole nitrogens is 1. The van der Waals surface area contributed by atoms with Crippen molar-refractivity contribution in [2.45, 2.75) is 0 Å². The highest BCUT2D eigenvalue weighted by Crippen LogP contribution is 2.14. The summed E-state index contributed by atoms with van der Waals surface area (Å²) < 4.78 is 2.54. The van der Waals surface area contributed by atoms with Crippen LogP contribution in [0.3, 0.4) is 0 Å². The van der Waals surface area contributed by atoms with E-state index in [1.54, 1.807) is 4.68 Å². The molecular formula is C13H9BrN2O. The topological polar surface area (TPSA) is 37.8 Å². The van der Waals surface area contributed by atoms with Gasteiger partial charge in [-0.15, -0.1) is 0 Å². The molecule has 0 atom stereocenters. The molecule has 0 radical (unpaired) electrons. The molecule has 2 aromatic carbocycles. The molecule has 0 bridgehead atoms. The van der Waals surface area contributed by atoms with Gasteiger partial charge in [0.15, 0.2) is 0 Å². The number of benzene rings is 2. The Balaban J connectivity index is 2.27. The van der Waals surface area contributed by atoms with Gasteiger partial charge < -0.3 is 0 Å². The van der Waals surface area contributed by atoms with Crippen LogP contribution in [0.2, 0.25) is 0 Å². The van der Waals surface area contributed by atoms with Gasteiger partial charge in [0.1, 0.15) is 0 Å². The molecule has 0 saturated heterocycles. The number of fused-ring (bicyclic) bond motifs is 1. The van der Waals surface area contributed by atoms with E-state index in [2.05, 4.69) is 21.0 Å². The van der Waals surface area contributed by atoms with Crippen molar-refractivity contribution in [3.8, 4) is 5.69 Å². The minimum atomic E-state index is -0.0251. The first-order valence-corrected chi connectivity index (χ1v) is 6.01. The summed E-state index contributed by atoms with van der Waals surface area (Å²) in [6.45, 7) is 0. The van der Waals surface area contributed by atoms with Crippen LogP contribution in [0.1, 0.15) is 0 Å². The number of halogens is 1. The summed E-state index contributed by atoms with van der Waals surface area (Å²) in [4.78, 5) is 12.1. The second kappa shape index (κ2) is 3.89. The van der Waals surface area contributed by atoms with E-state index in [0.717, 1.165) is 15.7 Å². The lowest BCUT2D eigenvalue weighted by Gasteiger charge is -2.00. The van der Waals surface area contributed by atoms with Crippen molar-refractivity contribution in [3.05, 3.63) is 63.4 Å². The molecule has 0 aliphatic carbocycles. The fourth-order valence-corrected chi connectivity index (χ4v) is 2.10. The number of aromatic amines is 1. The van der Waals surface area contributed by atoms with Crippen LogP contribution in [0.15, 0.2) is 57.8 Å². The molecule has 0 saturated carbocycles. The van der Waals surface area contributed by atoms with Crippen LogP contribution in [-0.2, 0) is 0 Å². The largest absolute Gasteiger partial charge is 0.290 e. The van der Waals surface area contributed by atoms with Crippen molar-refractivity contribution in [1.29, 1.82) is 0 Å². The normalized spacial score (nSPS) is 10.9. The van der Waals surface area contributed by atoms with Crippen molar-refractivity contribution in [3.63, 3.8) is 0 Å². The number of hydrogen-bond donors (Lipinski definition) is 1. The SMILES string of the molecule is O=c1c2ccccc2[nH]n1-c1ccc(Br)cc1. The summed E-state index contributed by atoms with van der Waals surface area (Å²) in [5.74, 6) is 0. The van der Waals surface area contributed by atoms with Crippen molar-refractivity contribution in [2.75, 3.05) is 0 Å². The minimum Gasteiger partial charge on any atom is -0.290 e. The molecule has 0 fully saturated rings. The maximum Gasteiger partial charge on any atom is 0.279 e. The van der Waals surface area contributed by atoms with E-state index in [0.29, 0.717) is 5.39 Å². The van der Waals surface area contributed by atoms with Crippen LogP contribution < -0.4 is 5.56 Å². The third-order valence-electron chi connectivity index (χ3n) is 2.68. The van der Waals surface area contributed by atoms with Crippen molar-refractivity contribution >= 4 is 26.8 Å². The van der Waals surface area contributed by atoms with Gasteiger partial charge in [-0.3, -0.25) is 9.89 Å². The molecule has 1 aromatic heterocycles. The molecule has 3 nitrogen and oxygen atoms in total. The molecule has 4 heteroatoms. The molecule has 3 aromatic rings. The molecule has 1 N–H and O–H groups in total. The second-order valence-electron chi connectivity index (χ2n) is 3.77. The van der Waals surface area contributed by atoms with Gasteiger partial charge in [-0.1, -0.05) is 28.1 Å². The van der Waals surface area contributed by atoms with E-state index >= 15 is 0 Å². The predicted octanol–water partition coefficient (Wildman–Crippen LogP) is 3.08. The number of aromatic nitrogens is 2. The number of nitrogens with zero attached hydrogens (tertiary/aromatic N) is 1. The van der Waals surface area contributed by atoms with Crippen LogP contribution in [-0.4, -0.2) is 9.78 Å². The Morgan fingerprint density at radius 2 is 1.71 bits per heavy atom. The van der Waals surface area contributed by atoms with Gasteiger partial charge in [-0.2, -0.15) is 0 Å². The Morgan fingerprint density at radius 1 is 1.00 bits per heavy atom. The molecule has 17 heavy (non-hydrogen) atoms. The second-order valence-corrected chi connectivity index (χ2v) is 4.69. The van der Waals surface area contributed by atoms with E-state index < -0.39 is 0 Å². The number of nitrogens with one attached hydrogen (secondary N) is 1. The van der Waals surface area contributed by atoms with Crippen LogP contribution in [0, 0.1) is 0 Å². The first-order chi connectivity index (χ1) is 8.25. The third kappa shape index (κ3) is 1.70. The highest BCUT2D eigenvalue weighted by molar-refractivity contribution is 9.10. The number of rotatable bonds is 1. The summed E-state index contributed by atoms with van der Waals surface area (Å²) in [6, 6.07) is 15.1. The zero-order valence-corrected chi connectivity index (χ0v) is 10.4. The van der Waals surface area contributed by atoms with Gasteiger partial charge in [-0.25, -0.2) is 4.68 Å². The van der Waals surface area contributed by atoms with Crippen molar-refractivity contribution in [2.24, 2.45) is 0 Å². The van der Waals surface area contributed by atoms with E-state index in [-0.39, 0.29) is 5.56 Å². The van der Waals surface area contributed by atoms with Gasteiger partial charge in [-0.05, 0) is 36.4 Å². The minimum absolute atomic E-state index is 0.0251. The van der Waals surface area contributed by atoms with Crippen LogP contribution in [0.4, 0.5) is 0 Å². The lowest BCUT2D eigenvalue weighted by molar-refractivity contribution is 0.863. The van der Waals surface area contributed by atoms with Gasteiger partial charge in [0.05, 0.1) is 16.6 Å². The van der Waals surface area contributed by atoms with E-state index in [1.807, 2.05) is 48.5 Å². The highest BCUT2D eigenvalue weighted by atomic mass is 79.9. The average Bonchev–Trinajstić information content (AvgIpc) is 2.69. The van der Waals surface area contributed by atoms with Crippen molar-refractivity contribution in [1.82, 2.24) is 9.78 Å². The van der Waals surface area contributed by atoms with E-state index in [4.69, 9.17) is 0 Å². The Morgan fingerprint density at radius 3 is 2.41 bits per heavy atom. The molecule has 0 spiro atoms. The Kier molecular flexibility index (Phi) is 2.37. The van der Waals surface area contributed by atoms with Gasteiger partial charge in [0, 0.05) is 4.47 Å². The summed E-state index contributed by atoms with van der Waals surface area (Å²) in [6.07, 6.45) is 0. The Hall–Kier alpha value is -1.81. The van der Waals surface area contributed by atoms with Gasteiger partial charge in [0.25, 0.3) is 5.56 Å². The molecule has 0 aliphatic heterocycles. The van der Waals surface area contributed by atoms with Crippen molar-refractivity contribution < 1.29 is 0 Å². The molecular weight excluding hydrogens is 280 g/mol. The van der Waals surface area contributed by atoms with Crippen LogP contribution >= 0.6 is 15.9 Å². The lowest BCUT2D eigenvalue weighted by atomic mass is 10.2. The van der Waals surface area contributed by atoms with Crippen LogP contribution in [0.25, 0.3) is 16.6 Å². The Labute approximate surface area is 106 Å². The predicted molar refractivity (Wildman–Crippen MR) is 71.6 cm³/mol. The first-order valence-electron chi connectivity index (χ1n) is 5.21. The lowest BCUT2D eigenvalue weighted by Crippen LogP contribution is -2.13. The summed E-state index contributed by atoms with van der Waals surface area (Å²) in [5, 5.41) is 3.79. The third-order valence-corrected chi connectivity index (χ3v) is 3.21. The highest BCUT2D eigenvalue weighted by Gasteiger charge is 2.06. The Bertz CT molecular complexity index is 725. The standard InChI is InChI=1S/C13H9BrN2O/c14-9-5-7-10(8-6-9)16-13(17)11-3-1-2-4-12(11)15-16/h1-8,15H. The average molecular weight is 289 g/mol. The maximum atomic E-state index is 12.1. The maximum absolute atomic E-state index is 12.1. The van der Waals surface area contributed by atoms with E-state index in [1.165, 1.54) is 0 Å². The van der Waals surface area contributed by atoms with Gasteiger partial charge >= 0.3 is 0 Å². The first kappa shape index (κ1) is 10.4. The fraction of sp³-hybridized carbons (Fsp3) is 0. The molecule has 0 unspecified atom stereocenters. The molecule has 0 aliphatic rings. The summed E-state index contributed by atoms with van der Waals surface area (Å²) >= 11 is 3.37. The zero-order valence-electron chi connectivity index (χ0n) is 8.85. The molecule has 1 heterocycles. The fourth-order valence-electron chi connectivity index (χ4n) is 1.83. The number of para-hydroxylation sites is 1. The zero-order chi connectivity index (χ0) is 11.8. The quantitative estimate of drug-likeness (QED) is 0.734. The van der Waals surface area contributed by atoms with E-state index in [9.17, 15) is 4.79 Å². The molecule has 0 amide bonds. The van der Waals surface area contributed by atoms with Gasteiger partial charge in [0.2, 0.25) is 0 Å². The van der Waals surface area contributed by atoms with Crippen LogP contribution in [0.5, 0.6) is 0 Å². The molecule has 3 rings (SSSR count). The molecule has 84 valence electrons. The number of hydrogen-bond acceptors (Lipinski definition) is 1. The summed E-state index contributed by atoms with van der Waals surface area (Å²) in [7, 11) is 0.